The summed E-state index contributed by atoms with van der Waals surface area (Å²) in [6, 6.07) is 8.04. The predicted molar refractivity (Wildman–Crippen MR) is 79.5 cm³/mol. The van der Waals surface area contributed by atoms with E-state index in [9.17, 15) is 4.79 Å². The molecule has 0 aliphatic carbocycles. The first-order valence-corrected chi connectivity index (χ1v) is 6.91. The van der Waals surface area contributed by atoms with Crippen molar-refractivity contribution in [3.63, 3.8) is 0 Å². The van der Waals surface area contributed by atoms with E-state index in [1.807, 2.05) is 12.1 Å². The topological polar surface area (TPSA) is 61.5 Å². The van der Waals surface area contributed by atoms with Gasteiger partial charge in [0.1, 0.15) is 6.61 Å². The summed E-state index contributed by atoms with van der Waals surface area (Å²) in [6.45, 7) is 6.86. The molecule has 4 heteroatoms. The lowest BCUT2D eigenvalue weighted by Gasteiger charge is -2.24. The van der Waals surface area contributed by atoms with Gasteiger partial charge >= 0.3 is 5.97 Å². The fraction of sp³-hybridized carbons (Fsp3) is 0.562. The van der Waals surface area contributed by atoms with E-state index in [1.165, 1.54) is 12.7 Å². The number of carbonyl (C=O) groups excluding carboxylic acids is 1. The molecule has 0 radical (unpaired) electrons. The van der Waals surface area contributed by atoms with Crippen LogP contribution in [-0.2, 0) is 19.7 Å². The number of methoxy groups -OCH3 is 1. The second kappa shape index (κ2) is 7.41. The summed E-state index contributed by atoms with van der Waals surface area (Å²) >= 11 is 0. The highest BCUT2D eigenvalue weighted by atomic mass is 16.6. The number of hydrogen-bond acceptors (Lipinski definition) is 4. The van der Waals surface area contributed by atoms with Crippen molar-refractivity contribution in [1.29, 1.82) is 0 Å². The minimum atomic E-state index is -0.391. The van der Waals surface area contributed by atoms with Gasteiger partial charge in [0.2, 0.25) is 0 Å². The van der Waals surface area contributed by atoms with Gasteiger partial charge in [0.05, 0.1) is 19.8 Å². The average molecular weight is 279 g/mol. The van der Waals surface area contributed by atoms with Gasteiger partial charge < -0.3 is 15.2 Å². The molecule has 0 spiro atoms. The molecule has 2 N–H and O–H groups in total. The third-order valence-electron chi connectivity index (χ3n) is 3.75. The zero-order valence-corrected chi connectivity index (χ0v) is 12.8. The Morgan fingerprint density at radius 1 is 1.30 bits per heavy atom. The van der Waals surface area contributed by atoms with Crippen molar-refractivity contribution in [1.82, 2.24) is 0 Å². The van der Waals surface area contributed by atoms with Crippen LogP contribution in [0.25, 0.3) is 0 Å². The zero-order valence-electron chi connectivity index (χ0n) is 12.8. The second-order valence-electron chi connectivity index (χ2n) is 5.56. The Bertz CT molecular complexity index is 426. The number of hydrogen-bond donors (Lipinski definition) is 1. The highest BCUT2D eigenvalue weighted by molar-refractivity contribution is 5.70. The third-order valence-corrected chi connectivity index (χ3v) is 3.75. The van der Waals surface area contributed by atoms with E-state index in [1.54, 1.807) is 0 Å². The van der Waals surface area contributed by atoms with Gasteiger partial charge in [-0.1, -0.05) is 45.0 Å². The fourth-order valence-corrected chi connectivity index (χ4v) is 1.81. The number of nitrogens with two attached hydrogens (primary N) is 1. The molecule has 1 aromatic carbocycles. The molecule has 4 nitrogen and oxygen atoms in total. The van der Waals surface area contributed by atoms with E-state index >= 15 is 0 Å². The lowest BCUT2D eigenvalue weighted by molar-refractivity contribution is -0.146. The molecular weight excluding hydrogens is 254 g/mol. The lowest BCUT2D eigenvalue weighted by atomic mass is 9.82. The van der Waals surface area contributed by atoms with Crippen molar-refractivity contribution < 1.29 is 14.3 Å². The summed E-state index contributed by atoms with van der Waals surface area (Å²) in [7, 11) is 1.33. The fourth-order valence-electron chi connectivity index (χ4n) is 1.81. The van der Waals surface area contributed by atoms with Crippen LogP contribution in [0.4, 0.5) is 0 Å². The molecule has 20 heavy (non-hydrogen) atoms. The van der Waals surface area contributed by atoms with Gasteiger partial charge in [0.25, 0.3) is 0 Å². The number of benzene rings is 1. The first-order valence-electron chi connectivity index (χ1n) is 6.91. The molecule has 0 amide bonds. The Balaban J connectivity index is 2.57. The van der Waals surface area contributed by atoms with E-state index in [2.05, 4.69) is 37.6 Å². The van der Waals surface area contributed by atoms with Crippen molar-refractivity contribution in [3.05, 3.63) is 35.4 Å². The molecule has 1 unspecified atom stereocenters. The highest BCUT2D eigenvalue weighted by Crippen LogP contribution is 2.27. The number of carbonyl (C=O) groups is 1. The van der Waals surface area contributed by atoms with Gasteiger partial charge in [0.15, 0.2) is 0 Å². The average Bonchev–Trinajstić information content (AvgIpc) is 2.47. The van der Waals surface area contributed by atoms with E-state index in [0.29, 0.717) is 6.61 Å². The minimum Gasteiger partial charge on any atom is -0.467 e. The third kappa shape index (κ3) is 4.62. The van der Waals surface area contributed by atoms with Gasteiger partial charge in [-0.2, -0.15) is 0 Å². The Morgan fingerprint density at radius 2 is 1.90 bits per heavy atom. The molecule has 0 saturated heterocycles. The molecule has 0 aliphatic rings. The summed E-state index contributed by atoms with van der Waals surface area (Å²) in [5, 5.41) is 0. The highest BCUT2D eigenvalue weighted by Gasteiger charge is 2.18. The van der Waals surface area contributed by atoms with Gasteiger partial charge in [-0.3, -0.25) is 0 Å². The van der Waals surface area contributed by atoms with Gasteiger partial charge in [0, 0.05) is 0 Å². The molecular formula is C16H25NO3. The van der Waals surface area contributed by atoms with Crippen LogP contribution in [0.1, 0.15) is 44.4 Å². The zero-order chi connectivity index (χ0) is 15.2. The molecule has 0 heterocycles. The lowest BCUT2D eigenvalue weighted by Crippen LogP contribution is -2.21. The number of esters is 1. The predicted octanol–water partition coefficient (Wildman–Crippen LogP) is 2.56. The molecule has 1 aromatic rings. The monoisotopic (exact) mass is 279 g/mol. The van der Waals surface area contributed by atoms with E-state index in [-0.39, 0.29) is 18.1 Å². The maximum Gasteiger partial charge on any atom is 0.331 e. The Kier molecular flexibility index (Phi) is 6.17. The normalized spacial score (nSPS) is 13.1. The summed E-state index contributed by atoms with van der Waals surface area (Å²) in [5.41, 5.74) is 8.51. The van der Waals surface area contributed by atoms with Crippen LogP contribution >= 0.6 is 0 Å². The van der Waals surface area contributed by atoms with Crippen LogP contribution in [0, 0.1) is 0 Å². The van der Waals surface area contributed by atoms with Crippen LogP contribution < -0.4 is 5.73 Å². The quantitative estimate of drug-likeness (QED) is 0.779. The van der Waals surface area contributed by atoms with Crippen molar-refractivity contribution >= 4 is 5.97 Å². The van der Waals surface area contributed by atoms with Crippen LogP contribution in [0.3, 0.4) is 0 Å². The van der Waals surface area contributed by atoms with Gasteiger partial charge in [-0.15, -0.1) is 0 Å². The molecule has 1 rings (SSSR count). The van der Waals surface area contributed by atoms with E-state index in [0.717, 1.165) is 12.0 Å². The largest absolute Gasteiger partial charge is 0.467 e. The first kappa shape index (κ1) is 16.7. The van der Waals surface area contributed by atoms with Crippen molar-refractivity contribution in [2.24, 2.45) is 5.73 Å². The smallest absolute Gasteiger partial charge is 0.331 e. The summed E-state index contributed by atoms with van der Waals surface area (Å²) in [6.07, 6.45) is 1.08. The van der Waals surface area contributed by atoms with E-state index in [4.69, 9.17) is 10.5 Å². The van der Waals surface area contributed by atoms with Gasteiger partial charge in [-0.25, -0.2) is 4.79 Å². The van der Waals surface area contributed by atoms with Crippen molar-refractivity contribution in [2.45, 2.75) is 38.6 Å². The molecule has 112 valence electrons. The molecule has 0 bridgehead atoms. The Morgan fingerprint density at radius 3 is 2.40 bits per heavy atom. The Labute approximate surface area is 121 Å². The summed E-state index contributed by atoms with van der Waals surface area (Å²) < 4.78 is 9.72. The van der Waals surface area contributed by atoms with Crippen LogP contribution in [0.2, 0.25) is 0 Å². The minimum absolute atomic E-state index is 0.0643. The van der Waals surface area contributed by atoms with Gasteiger partial charge in [-0.05, 0) is 23.0 Å². The molecule has 1 atom stereocenters. The standard InChI is InChI=1S/C16H25NO3/c1-5-16(2,3)13-8-6-12(7-9-13)14(17)10-20-11-15(18)19-4/h6-9,14H,5,10-11,17H2,1-4H3. The number of rotatable bonds is 7. The maximum absolute atomic E-state index is 10.9. The van der Waals surface area contributed by atoms with E-state index < -0.39 is 5.97 Å². The van der Waals surface area contributed by atoms with Crippen molar-refractivity contribution in [3.8, 4) is 0 Å². The van der Waals surface area contributed by atoms with Crippen LogP contribution in [0.5, 0.6) is 0 Å². The van der Waals surface area contributed by atoms with Crippen LogP contribution in [-0.4, -0.2) is 26.3 Å². The maximum atomic E-state index is 10.9. The number of ether oxygens (including phenoxy) is 2. The SMILES string of the molecule is CCC(C)(C)c1ccc(C(N)COCC(=O)OC)cc1. The summed E-state index contributed by atoms with van der Waals surface area (Å²) in [5.74, 6) is -0.391. The van der Waals surface area contributed by atoms with Crippen LogP contribution in [0.15, 0.2) is 24.3 Å². The first-order chi connectivity index (χ1) is 9.40. The van der Waals surface area contributed by atoms with Crippen molar-refractivity contribution in [2.75, 3.05) is 20.3 Å². The molecule has 0 fully saturated rings. The summed E-state index contributed by atoms with van der Waals surface area (Å²) in [4.78, 5) is 10.9. The molecule has 0 saturated carbocycles. The Hall–Kier alpha value is -1.39. The second-order valence-corrected chi connectivity index (χ2v) is 5.56. The molecule has 0 aliphatic heterocycles. The molecule has 0 aromatic heterocycles.